The molecule has 0 aliphatic carbocycles. The van der Waals surface area contributed by atoms with Gasteiger partial charge in [-0.15, -0.1) is 0 Å². The minimum absolute atomic E-state index is 0.0987. The number of aliphatic carboxylic acids is 1. The zero-order valence-corrected chi connectivity index (χ0v) is 14.2. The Kier molecular flexibility index (Phi) is 5.48. The number of carboxylic acids is 1. The molecular weight excluding hydrogens is 312 g/mol. The van der Waals surface area contributed by atoms with Crippen molar-refractivity contribution < 1.29 is 19.5 Å². The maximum atomic E-state index is 12.4. The van der Waals surface area contributed by atoms with Gasteiger partial charge in [-0.05, 0) is 26.7 Å². The number of likely N-dealkylation sites (N-methyl/N-ethyl adjacent to an activating group) is 1. The first-order valence-corrected chi connectivity index (χ1v) is 7.86. The van der Waals surface area contributed by atoms with Gasteiger partial charge in [0.25, 0.3) is 5.91 Å². The van der Waals surface area contributed by atoms with E-state index in [9.17, 15) is 14.4 Å². The van der Waals surface area contributed by atoms with Crippen LogP contribution in [0.3, 0.4) is 0 Å². The van der Waals surface area contributed by atoms with Gasteiger partial charge in [0.1, 0.15) is 5.82 Å². The Labute approximate surface area is 140 Å². The highest BCUT2D eigenvalue weighted by atomic mass is 16.4. The maximum absolute atomic E-state index is 12.4. The van der Waals surface area contributed by atoms with Crippen LogP contribution in [0.25, 0.3) is 0 Å². The molecule has 0 radical (unpaired) electrons. The Morgan fingerprint density at radius 3 is 2.71 bits per heavy atom. The molecule has 1 aromatic rings. The van der Waals surface area contributed by atoms with Crippen molar-refractivity contribution in [2.75, 3.05) is 26.7 Å². The van der Waals surface area contributed by atoms with Crippen molar-refractivity contribution in [1.29, 1.82) is 0 Å². The second kappa shape index (κ2) is 7.37. The summed E-state index contributed by atoms with van der Waals surface area (Å²) in [6.45, 7) is 4.09. The molecule has 1 aliphatic heterocycles. The van der Waals surface area contributed by atoms with Crippen molar-refractivity contribution in [1.82, 2.24) is 19.8 Å². The summed E-state index contributed by atoms with van der Waals surface area (Å²) in [6.07, 6.45) is 2.70. The van der Waals surface area contributed by atoms with Crippen LogP contribution in [-0.2, 0) is 9.59 Å². The van der Waals surface area contributed by atoms with Crippen LogP contribution in [0.4, 0.5) is 0 Å². The average Bonchev–Trinajstić information content (AvgIpc) is 2.54. The zero-order chi connectivity index (χ0) is 17.9. The molecule has 0 bridgehead atoms. The maximum Gasteiger partial charge on any atom is 0.308 e. The van der Waals surface area contributed by atoms with E-state index in [4.69, 9.17) is 5.11 Å². The number of carbonyl (C=O) groups excluding carboxylic acids is 2. The molecule has 1 N–H and O–H groups in total. The van der Waals surface area contributed by atoms with E-state index in [2.05, 4.69) is 9.97 Å². The van der Waals surface area contributed by atoms with Crippen LogP contribution in [0.2, 0.25) is 0 Å². The van der Waals surface area contributed by atoms with Crippen LogP contribution in [0, 0.1) is 19.8 Å². The van der Waals surface area contributed by atoms with Crippen LogP contribution in [0.15, 0.2) is 6.20 Å². The lowest BCUT2D eigenvalue weighted by Crippen LogP contribution is -2.47. The summed E-state index contributed by atoms with van der Waals surface area (Å²) in [7, 11) is 1.54. The largest absolute Gasteiger partial charge is 0.481 e. The molecule has 0 saturated carbocycles. The molecular formula is C16H22N4O4. The van der Waals surface area contributed by atoms with Crippen molar-refractivity contribution in [3.05, 3.63) is 23.3 Å². The first-order chi connectivity index (χ1) is 11.3. The molecule has 1 saturated heterocycles. The van der Waals surface area contributed by atoms with Crippen molar-refractivity contribution in [3.8, 4) is 0 Å². The second-order valence-electron chi connectivity index (χ2n) is 6.09. The fourth-order valence-electron chi connectivity index (χ4n) is 2.78. The van der Waals surface area contributed by atoms with E-state index < -0.39 is 11.9 Å². The first kappa shape index (κ1) is 17.8. The molecule has 1 aromatic heterocycles. The highest BCUT2D eigenvalue weighted by Crippen LogP contribution is 2.17. The van der Waals surface area contributed by atoms with Crippen LogP contribution in [0.5, 0.6) is 0 Å². The number of aromatic nitrogens is 2. The molecule has 2 heterocycles. The third kappa shape index (κ3) is 4.06. The zero-order valence-electron chi connectivity index (χ0n) is 14.2. The molecule has 1 aliphatic rings. The minimum atomic E-state index is -0.885. The Morgan fingerprint density at radius 2 is 2.08 bits per heavy atom. The van der Waals surface area contributed by atoms with Gasteiger partial charge in [0.2, 0.25) is 5.91 Å². The number of carbonyl (C=O) groups is 3. The van der Waals surface area contributed by atoms with Crippen LogP contribution in [0.1, 0.15) is 34.7 Å². The molecule has 8 heteroatoms. The van der Waals surface area contributed by atoms with Crippen molar-refractivity contribution in [2.45, 2.75) is 26.7 Å². The Balaban J connectivity index is 2.00. The second-order valence-corrected chi connectivity index (χ2v) is 6.09. The van der Waals surface area contributed by atoms with Crippen LogP contribution >= 0.6 is 0 Å². The summed E-state index contributed by atoms with van der Waals surface area (Å²) in [6, 6.07) is 0. The number of likely N-dealkylation sites (tertiary alicyclic amines) is 1. The molecule has 0 spiro atoms. The van der Waals surface area contributed by atoms with Gasteiger partial charge in [0.15, 0.2) is 0 Å². The van der Waals surface area contributed by atoms with Gasteiger partial charge >= 0.3 is 5.97 Å². The summed E-state index contributed by atoms with van der Waals surface area (Å²) in [5.74, 6) is -1.41. The van der Waals surface area contributed by atoms with E-state index in [1.54, 1.807) is 13.8 Å². The smallest absolute Gasteiger partial charge is 0.308 e. The quantitative estimate of drug-likeness (QED) is 0.859. The van der Waals surface area contributed by atoms with Crippen LogP contribution < -0.4 is 0 Å². The lowest BCUT2D eigenvalue weighted by molar-refractivity contribution is -0.145. The van der Waals surface area contributed by atoms with Crippen molar-refractivity contribution >= 4 is 17.8 Å². The standard InChI is InChI=1S/C16H22N4O4/c1-10-13(7-17-11(2)18-10)15(22)19(3)9-14(21)20-6-4-5-12(8-20)16(23)24/h7,12H,4-6,8-9H2,1-3H3,(H,23,24). The number of amides is 2. The van der Waals surface area contributed by atoms with Gasteiger partial charge < -0.3 is 14.9 Å². The fraction of sp³-hybridized carbons (Fsp3) is 0.562. The molecule has 130 valence electrons. The monoisotopic (exact) mass is 334 g/mol. The summed E-state index contributed by atoms with van der Waals surface area (Å²) >= 11 is 0. The van der Waals surface area contributed by atoms with Gasteiger partial charge in [-0.1, -0.05) is 0 Å². The number of hydrogen-bond acceptors (Lipinski definition) is 5. The summed E-state index contributed by atoms with van der Waals surface area (Å²) in [5, 5.41) is 9.09. The van der Waals surface area contributed by atoms with Gasteiger partial charge in [-0.25, -0.2) is 9.97 Å². The van der Waals surface area contributed by atoms with E-state index in [1.165, 1.54) is 23.0 Å². The van der Waals surface area contributed by atoms with Gasteiger partial charge in [0.05, 0.1) is 23.7 Å². The highest BCUT2D eigenvalue weighted by molar-refractivity contribution is 5.97. The molecule has 0 aromatic carbocycles. The first-order valence-electron chi connectivity index (χ1n) is 7.86. The number of aryl methyl sites for hydroxylation is 2. The fourth-order valence-corrected chi connectivity index (χ4v) is 2.78. The van der Waals surface area contributed by atoms with Crippen molar-refractivity contribution in [2.24, 2.45) is 5.92 Å². The normalized spacial score (nSPS) is 17.5. The summed E-state index contributed by atoms with van der Waals surface area (Å²) < 4.78 is 0. The number of hydrogen-bond donors (Lipinski definition) is 1. The van der Waals surface area contributed by atoms with E-state index >= 15 is 0 Å². The lowest BCUT2D eigenvalue weighted by Gasteiger charge is -2.32. The molecule has 1 fully saturated rings. The SMILES string of the molecule is Cc1ncc(C(=O)N(C)CC(=O)N2CCCC(C(=O)O)C2)c(C)n1. The Hall–Kier alpha value is -2.51. The van der Waals surface area contributed by atoms with Crippen molar-refractivity contribution in [3.63, 3.8) is 0 Å². The number of rotatable bonds is 4. The van der Waals surface area contributed by atoms with E-state index in [1.807, 2.05) is 0 Å². The Bertz CT molecular complexity index is 661. The Morgan fingerprint density at radius 1 is 1.38 bits per heavy atom. The van der Waals surface area contributed by atoms with Gasteiger partial charge in [0, 0.05) is 26.3 Å². The number of nitrogens with zero attached hydrogens (tertiary/aromatic N) is 4. The molecule has 24 heavy (non-hydrogen) atoms. The third-order valence-electron chi connectivity index (χ3n) is 4.17. The minimum Gasteiger partial charge on any atom is -0.481 e. The predicted octanol–water partition coefficient (Wildman–Crippen LogP) is 0.489. The molecule has 2 rings (SSSR count). The summed E-state index contributed by atoms with van der Waals surface area (Å²) in [4.78, 5) is 46.9. The van der Waals surface area contributed by atoms with E-state index in [-0.39, 0.29) is 24.9 Å². The predicted molar refractivity (Wildman–Crippen MR) is 85.4 cm³/mol. The molecule has 1 unspecified atom stereocenters. The third-order valence-corrected chi connectivity index (χ3v) is 4.17. The summed E-state index contributed by atoms with van der Waals surface area (Å²) in [5.41, 5.74) is 0.925. The molecule has 8 nitrogen and oxygen atoms in total. The molecule has 1 atom stereocenters. The van der Waals surface area contributed by atoms with Gasteiger partial charge in [-0.2, -0.15) is 0 Å². The average molecular weight is 334 g/mol. The highest BCUT2D eigenvalue weighted by Gasteiger charge is 2.29. The van der Waals surface area contributed by atoms with Crippen LogP contribution in [-0.4, -0.2) is 69.3 Å². The number of piperidine rings is 1. The lowest BCUT2D eigenvalue weighted by atomic mass is 9.98. The molecule has 2 amide bonds. The number of carboxylic acid groups (broad SMARTS) is 1. The van der Waals surface area contributed by atoms with E-state index in [0.29, 0.717) is 36.5 Å². The topological polar surface area (TPSA) is 104 Å². The van der Waals surface area contributed by atoms with Gasteiger partial charge in [-0.3, -0.25) is 14.4 Å². The van der Waals surface area contributed by atoms with E-state index in [0.717, 1.165) is 0 Å².